The Morgan fingerprint density at radius 1 is 0.974 bits per heavy atom. The second-order valence-corrected chi connectivity index (χ2v) is 11.7. The minimum absolute atomic E-state index is 0.132. The van der Waals surface area contributed by atoms with Gasteiger partial charge in [0.15, 0.2) is 0 Å². The van der Waals surface area contributed by atoms with Crippen LogP contribution in [0.2, 0.25) is 10.0 Å². The van der Waals surface area contributed by atoms with Crippen LogP contribution in [0.25, 0.3) is 0 Å². The standard InChI is InChI=1S/C27H29Cl2FN4O4S/c1-31-27(36)25(15-19-9-5-4-6-10-19)33(17-20-13-14-21(28)16-22(20)29)26(35)18-34(39(37,38)32(2)3)24-12-8-7-11-23(24)30/h4-14,16,25H,15,17-18H2,1-3H3,(H,31,36)/t25-/m0/s1. The molecule has 12 heteroatoms. The molecule has 0 aromatic heterocycles. The maximum Gasteiger partial charge on any atom is 0.304 e. The van der Waals surface area contributed by atoms with E-state index >= 15 is 0 Å². The number of nitrogens with zero attached hydrogens (tertiary/aromatic N) is 3. The Morgan fingerprint density at radius 2 is 1.62 bits per heavy atom. The van der Waals surface area contributed by atoms with Crippen LogP contribution in [0.5, 0.6) is 0 Å². The first-order valence-corrected chi connectivity index (χ1v) is 14.0. The number of amides is 2. The summed E-state index contributed by atoms with van der Waals surface area (Å²) in [6.07, 6.45) is 0.136. The number of likely N-dealkylation sites (N-methyl/N-ethyl adjacent to an activating group) is 1. The summed E-state index contributed by atoms with van der Waals surface area (Å²) in [5, 5.41) is 3.24. The quantitative estimate of drug-likeness (QED) is 0.361. The first kappa shape index (κ1) is 30.4. The SMILES string of the molecule is CNC(=O)[C@H](Cc1ccccc1)N(Cc1ccc(Cl)cc1Cl)C(=O)CN(c1ccccc1F)S(=O)(=O)N(C)C. The van der Waals surface area contributed by atoms with Crippen molar-refractivity contribution < 1.29 is 22.4 Å². The van der Waals surface area contributed by atoms with Gasteiger partial charge in [-0.15, -0.1) is 0 Å². The van der Waals surface area contributed by atoms with Crippen LogP contribution in [-0.2, 0) is 32.8 Å². The zero-order valence-corrected chi connectivity index (χ0v) is 24.0. The van der Waals surface area contributed by atoms with Crippen molar-refractivity contribution in [2.24, 2.45) is 0 Å². The molecule has 0 aliphatic carbocycles. The van der Waals surface area contributed by atoms with Crippen molar-refractivity contribution in [2.45, 2.75) is 19.0 Å². The minimum Gasteiger partial charge on any atom is -0.357 e. The van der Waals surface area contributed by atoms with Crippen molar-refractivity contribution in [3.8, 4) is 0 Å². The Kier molecular flexibility index (Phi) is 10.3. The molecule has 39 heavy (non-hydrogen) atoms. The van der Waals surface area contributed by atoms with Crippen molar-refractivity contribution in [2.75, 3.05) is 32.0 Å². The van der Waals surface area contributed by atoms with E-state index in [0.29, 0.717) is 14.9 Å². The van der Waals surface area contributed by atoms with Crippen LogP contribution >= 0.6 is 23.2 Å². The minimum atomic E-state index is -4.31. The molecule has 0 unspecified atom stereocenters. The van der Waals surface area contributed by atoms with E-state index in [0.717, 1.165) is 15.9 Å². The number of nitrogens with one attached hydrogen (secondary N) is 1. The number of hydrogen-bond acceptors (Lipinski definition) is 4. The molecule has 8 nitrogen and oxygen atoms in total. The molecular formula is C27H29Cl2FN4O4S. The van der Waals surface area contributed by atoms with Gasteiger partial charge < -0.3 is 10.2 Å². The molecule has 1 N–H and O–H groups in total. The molecule has 3 rings (SSSR count). The lowest BCUT2D eigenvalue weighted by Gasteiger charge is -2.34. The van der Waals surface area contributed by atoms with Gasteiger partial charge in [-0.3, -0.25) is 9.59 Å². The van der Waals surface area contributed by atoms with Gasteiger partial charge in [0.2, 0.25) is 11.8 Å². The van der Waals surface area contributed by atoms with Crippen LogP contribution in [0.4, 0.5) is 10.1 Å². The Labute approximate surface area is 238 Å². The summed E-state index contributed by atoms with van der Waals surface area (Å²) in [6.45, 7) is -0.901. The van der Waals surface area contributed by atoms with Gasteiger partial charge in [0, 0.05) is 44.2 Å². The fourth-order valence-corrected chi connectivity index (χ4v) is 5.44. The van der Waals surface area contributed by atoms with Crippen LogP contribution in [-0.4, -0.2) is 63.2 Å². The molecule has 0 radical (unpaired) electrons. The Balaban J connectivity index is 2.10. The third-order valence-corrected chi connectivity index (χ3v) is 8.41. The van der Waals surface area contributed by atoms with Gasteiger partial charge in [-0.05, 0) is 35.4 Å². The molecule has 0 aliphatic rings. The first-order chi connectivity index (χ1) is 18.4. The number of carbonyl (C=O) groups is 2. The van der Waals surface area contributed by atoms with Gasteiger partial charge in [0.05, 0.1) is 5.69 Å². The third-order valence-electron chi connectivity index (χ3n) is 6.01. The molecule has 2 amide bonds. The molecule has 0 fully saturated rings. The molecule has 3 aromatic carbocycles. The summed E-state index contributed by atoms with van der Waals surface area (Å²) in [6, 6.07) is 18.0. The molecule has 0 heterocycles. The van der Waals surface area contributed by atoms with Crippen LogP contribution in [0.15, 0.2) is 72.8 Å². The molecule has 0 spiro atoms. The molecule has 0 saturated carbocycles. The summed E-state index contributed by atoms with van der Waals surface area (Å²) in [4.78, 5) is 28.4. The molecule has 208 valence electrons. The molecule has 0 bridgehead atoms. The van der Waals surface area contributed by atoms with E-state index in [2.05, 4.69) is 5.32 Å². The van der Waals surface area contributed by atoms with Crippen LogP contribution in [0.3, 0.4) is 0 Å². The predicted octanol–water partition coefficient (Wildman–Crippen LogP) is 4.13. The molecular weight excluding hydrogens is 566 g/mol. The van der Waals surface area contributed by atoms with Gasteiger partial charge in [0.25, 0.3) is 0 Å². The van der Waals surface area contributed by atoms with E-state index in [9.17, 15) is 22.4 Å². The maximum absolute atomic E-state index is 14.8. The van der Waals surface area contributed by atoms with Crippen molar-refractivity contribution >= 4 is 50.9 Å². The van der Waals surface area contributed by atoms with E-state index in [1.165, 1.54) is 50.3 Å². The van der Waals surface area contributed by atoms with Gasteiger partial charge in [-0.1, -0.05) is 71.7 Å². The number of halogens is 3. The number of benzene rings is 3. The predicted molar refractivity (Wildman–Crippen MR) is 151 cm³/mol. The van der Waals surface area contributed by atoms with Gasteiger partial charge in [-0.2, -0.15) is 12.7 Å². The van der Waals surface area contributed by atoms with E-state index in [1.54, 1.807) is 12.1 Å². The number of hydrogen-bond donors (Lipinski definition) is 1. The fourth-order valence-electron chi connectivity index (χ4n) is 3.91. The maximum atomic E-state index is 14.8. The molecule has 1 atom stereocenters. The van der Waals surface area contributed by atoms with Crippen molar-refractivity contribution in [1.29, 1.82) is 0 Å². The summed E-state index contributed by atoms with van der Waals surface area (Å²) >= 11 is 12.5. The van der Waals surface area contributed by atoms with Crippen molar-refractivity contribution in [3.05, 3.63) is 99.8 Å². The lowest BCUT2D eigenvalue weighted by Crippen LogP contribution is -2.54. The summed E-state index contributed by atoms with van der Waals surface area (Å²) in [7, 11) is -0.301. The zero-order chi connectivity index (χ0) is 28.7. The Hall–Kier alpha value is -3.18. The second-order valence-electron chi connectivity index (χ2n) is 8.83. The highest BCUT2D eigenvalue weighted by Gasteiger charge is 2.35. The largest absolute Gasteiger partial charge is 0.357 e. The lowest BCUT2D eigenvalue weighted by atomic mass is 10.0. The van der Waals surface area contributed by atoms with Crippen molar-refractivity contribution in [3.63, 3.8) is 0 Å². The van der Waals surface area contributed by atoms with Gasteiger partial charge in [0.1, 0.15) is 18.4 Å². The first-order valence-electron chi connectivity index (χ1n) is 11.9. The summed E-state index contributed by atoms with van der Waals surface area (Å²) < 4.78 is 42.9. The highest BCUT2D eigenvalue weighted by atomic mass is 35.5. The molecule has 3 aromatic rings. The molecule has 0 saturated heterocycles. The van der Waals surface area contributed by atoms with Gasteiger partial charge >= 0.3 is 10.2 Å². The fraction of sp³-hybridized carbons (Fsp3) is 0.259. The van der Waals surface area contributed by atoms with Crippen molar-refractivity contribution in [1.82, 2.24) is 14.5 Å². The Bertz CT molecular complexity index is 1420. The monoisotopic (exact) mass is 594 g/mol. The number of para-hydroxylation sites is 1. The smallest absolute Gasteiger partial charge is 0.304 e. The highest BCUT2D eigenvalue weighted by molar-refractivity contribution is 7.90. The topological polar surface area (TPSA) is 90.0 Å². The van der Waals surface area contributed by atoms with E-state index in [4.69, 9.17) is 23.2 Å². The van der Waals surface area contributed by atoms with Crippen LogP contribution in [0.1, 0.15) is 11.1 Å². The Morgan fingerprint density at radius 3 is 2.21 bits per heavy atom. The van der Waals surface area contributed by atoms with Crippen LogP contribution < -0.4 is 9.62 Å². The average Bonchev–Trinajstić information content (AvgIpc) is 2.90. The van der Waals surface area contributed by atoms with E-state index in [1.807, 2.05) is 30.3 Å². The highest BCUT2D eigenvalue weighted by Crippen LogP contribution is 2.26. The normalized spacial score (nSPS) is 12.2. The number of carbonyl (C=O) groups excluding carboxylic acids is 2. The summed E-state index contributed by atoms with van der Waals surface area (Å²) in [5.41, 5.74) is 0.964. The summed E-state index contributed by atoms with van der Waals surface area (Å²) in [5.74, 6) is -2.03. The van der Waals surface area contributed by atoms with Crippen LogP contribution in [0, 0.1) is 5.82 Å². The van der Waals surface area contributed by atoms with E-state index in [-0.39, 0.29) is 23.7 Å². The number of anilines is 1. The van der Waals surface area contributed by atoms with E-state index < -0.39 is 40.4 Å². The number of rotatable bonds is 11. The second kappa shape index (κ2) is 13.3. The van der Waals surface area contributed by atoms with Gasteiger partial charge in [-0.25, -0.2) is 8.70 Å². The third kappa shape index (κ3) is 7.48. The zero-order valence-electron chi connectivity index (χ0n) is 21.6. The average molecular weight is 596 g/mol. The lowest BCUT2D eigenvalue weighted by molar-refractivity contribution is -0.139. The molecule has 0 aliphatic heterocycles.